The Morgan fingerprint density at radius 1 is 1.19 bits per heavy atom. The molecule has 0 N–H and O–H groups in total. The monoisotopic (exact) mass is 367 g/mol. The van der Waals surface area contributed by atoms with Crippen molar-refractivity contribution in [3.8, 4) is 5.75 Å². The Hall–Kier alpha value is -3.55. The van der Waals surface area contributed by atoms with Gasteiger partial charge in [-0.1, -0.05) is 37.6 Å². The first-order valence-corrected chi connectivity index (χ1v) is 8.47. The molecule has 0 aliphatic carbocycles. The molecule has 0 fully saturated rings. The fourth-order valence-corrected chi connectivity index (χ4v) is 2.66. The van der Waals surface area contributed by atoms with Crippen LogP contribution in [0.3, 0.4) is 0 Å². The van der Waals surface area contributed by atoms with Gasteiger partial charge in [-0.2, -0.15) is 5.10 Å². The number of esters is 1. The first kappa shape index (κ1) is 18.2. The Bertz CT molecular complexity index is 1070. The zero-order valence-corrected chi connectivity index (χ0v) is 14.6. The quantitative estimate of drug-likeness (QED) is 0.286. The van der Waals surface area contributed by atoms with Gasteiger partial charge in [0.15, 0.2) is 5.69 Å². The first-order chi connectivity index (χ1) is 13.0. The predicted molar refractivity (Wildman–Crippen MR) is 99.0 cm³/mol. The Labute approximate surface area is 154 Å². The van der Waals surface area contributed by atoms with Gasteiger partial charge in [0.05, 0.1) is 16.4 Å². The summed E-state index contributed by atoms with van der Waals surface area (Å²) in [5.41, 5.74) is -0.468. The average molecular weight is 367 g/mol. The molecule has 138 valence electrons. The largest absolute Gasteiger partial charge is 0.421 e. The van der Waals surface area contributed by atoms with Crippen LogP contribution in [0.2, 0.25) is 0 Å². The molecule has 0 unspecified atom stereocenters. The summed E-state index contributed by atoms with van der Waals surface area (Å²) in [5.74, 6) is -0.747. The summed E-state index contributed by atoms with van der Waals surface area (Å²) in [6.07, 6.45) is 1.61. The van der Waals surface area contributed by atoms with Crippen molar-refractivity contribution >= 4 is 22.4 Å². The molecule has 0 amide bonds. The summed E-state index contributed by atoms with van der Waals surface area (Å²) in [4.78, 5) is 35.5. The summed E-state index contributed by atoms with van der Waals surface area (Å²) < 4.78 is 6.54. The number of non-ortho nitro benzene ring substituents is 1. The van der Waals surface area contributed by atoms with Gasteiger partial charge in [-0.25, -0.2) is 9.48 Å². The molecule has 1 heterocycles. The topological polar surface area (TPSA) is 104 Å². The fraction of sp³-hybridized carbons (Fsp3) is 0.211. The van der Waals surface area contributed by atoms with Crippen molar-refractivity contribution < 1.29 is 14.5 Å². The first-order valence-electron chi connectivity index (χ1n) is 8.47. The number of unbranched alkanes of at least 4 members (excludes halogenated alkanes) is 1. The summed E-state index contributed by atoms with van der Waals surface area (Å²) in [5, 5.41) is 15.8. The molecule has 0 atom stereocenters. The molecule has 0 saturated heterocycles. The van der Waals surface area contributed by atoms with E-state index in [2.05, 4.69) is 5.10 Å². The van der Waals surface area contributed by atoms with Crippen molar-refractivity contribution in [2.45, 2.75) is 26.3 Å². The number of ether oxygens (including phenoxy) is 1. The highest BCUT2D eigenvalue weighted by molar-refractivity contribution is 6.02. The molecule has 1 aromatic heterocycles. The van der Waals surface area contributed by atoms with Crippen molar-refractivity contribution in [1.29, 1.82) is 0 Å². The van der Waals surface area contributed by atoms with E-state index < -0.39 is 10.9 Å². The number of nitrogens with zero attached hydrogens (tertiary/aromatic N) is 3. The van der Waals surface area contributed by atoms with Crippen LogP contribution in [0, 0.1) is 10.1 Å². The molecule has 0 saturated carbocycles. The average Bonchev–Trinajstić information content (AvgIpc) is 2.67. The third-order valence-electron chi connectivity index (χ3n) is 4.02. The number of carbonyl (C=O) groups excluding carboxylic acids is 1. The lowest BCUT2D eigenvalue weighted by Gasteiger charge is -2.10. The molecule has 3 aromatic rings. The Morgan fingerprint density at radius 2 is 1.93 bits per heavy atom. The number of carbonyl (C=O) groups is 1. The third kappa shape index (κ3) is 3.84. The number of nitro groups is 1. The van der Waals surface area contributed by atoms with E-state index in [-0.39, 0.29) is 22.7 Å². The summed E-state index contributed by atoms with van der Waals surface area (Å²) in [7, 11) is 0. The molecule has 0 radical (unpaired) electrons. The minimum atomic E-state index is -0.781. The molecule has 0 aliphatic rings. The molecule has 3 rings (SSSR count). The van der Waals surface area contributed by atoms with Gasteiger partial charge >= 0.3 is 5.97 Å². The van der Waals surface area contributed by atoms with Crippen molar-refractivity contribution in [2.75, 3.05) is 0 Å². The van der Waals surface area contributed by atoms with Crippen LogP contribution in [-0.2, 0) is 6.54 Å². The van der Waals surface area contributed by atoms with Crippen LogP contribution in [0.1, 0.15) is 30.3 Å². The van der Waals surface area contributed by atoms with Gasteiger partial charge in [-0.3, -0.25) is 14.9 Å². The number of fused-ring (bicyclic) bond motifs is 1. The van der Waals surface area contributed by atoms with E-state index in [0.29, 0.717) is 17.3 Å². The lowest BCUT2D eigenvalue weighted by Crippen LogP contribution is -2.27. The second kappa shape index (κ2) is 7.77. The number of nitro benzene ring substituents is 1. The Morgan fingerprint density at radius 3 is 2.63 bits per heavy atom. The van der Waals surface area contributed by atoms with E-state index in [9.17, 15) is 19.7 Å². The fourth-order valence-electron chi connectivity index (χ4n) is 2.66. The number of rotatable bonds is 6. The van der Waals surface area contributed by atoms with Crippen LogP contribution in [0.25, 0.3) is 10.8 Å². The summed E-state index contributed by atoms with van der Waals surface area (Å²) in [6, 6.07) is 12.0. The second-order valence-corrected chi connectivity index (χ2v) is 5.92. The second-order valence-electron chi connectivity index (χ2n) is 5.92. The van der Waals surface area contributed by atoms with Crippen LogP contribution in [-0.4, -0.2) is 20.7 Å². The van der Waals surface area contributed by atoms with Crippen molar-refractivity contribution in [3.05, 3.63) is 74.7 Å². The number of aromatic nitrogens is 2. The maximum atomic E-state index is 12.7. The third-order valence-corrected chi connectivity index (χ3v) is 4.02. The summed E-state index contributed by atoms with van der Waals surface area (Å²) >= 11 is 0. The zero-order valence-electron chi connectivity index (χ0n) is 14.6. The molecule has 8 nitrogen and oxygen atoms in total. The van der Waals surface area contributed by atoms with Crippen LogP contribution in [0.15, 0.2) is 53.3 Å². The van der Waals surface area contributed by atoms with Crippen molar-refractivity contribution in [2.24, 2.45) is 0 Å². The standard InChI is InChI=1S/C19H17N3O5/c1-2-3-11-21-18(23)16-10-5-4-9-15(16)17(20-21)19(24)27-14-8-6-7-13(12-14)22(25)26/h4-10,12H,2-3,11H2,1H3. The highest BCUT2D eigenvalue weighted by atomic mass is 16.6. The van der Waals surface area contributed by atoms with E-state index in [0.717, 1.165) is 18.9 Å². The van der Waals surface area contributed by atoms with Crippen LogP contribution in [0.4, 0.5) is 5.69 Å². The van der Waals surface area contributed by atoms with Gasteiger partial charge in [0.2, 0.25) is 0 Å². The smallest absolute Gasteiger partial charge is 0.364 e. The van der Waals surface area contributed by atoms with Gasteiger partial charge in [-0.15, -0.1) is 0 Å². The van der Waals surface area contributed by atoms with Crippen LogP contribution < -0.4 is 10.3 Å². The maximum absolute atomic E-state index is 12.7. The van der Waals surface area contributed by atoms with Crippen LogP contribution in [0.5, 0.6) is 5.75 Å². The van der Waals surface area contributed by atoms with E-state index in [1.807, 2.05) is 6.92 Å². The molecule has 8 heteroatoms. The van der Waals surface area contributed by atoms with E-state index in [1.165, 1.54) is 22.9 Å². The van der Waals surface area contributed by atoms with Gasteiger partial charge < -0.3 is 4.74 Å². The van der Waals surface area contributed by atoms with Crippen molar-refractivity contribution in [3.63, 3.8) is 0 Å². The normalized spacial score (nSPS) is 10.7. The lowest BCUT2D eigenvalue weighted by molar-refractivity contribution is -0.384. The lowest BCUT2D eigenvalue weighted by atomic mass is 10.1. The number of hydrogen-bond acceptors (Lipinski definition) is 6. The molecule has 0 spiro atoms. The highest BCUT2D eigenvalue weighted by Crippen LogP contribution is 2.21. The minimum Gasteiger partial charge on any atom is -0.421 e. The zero-order chi connectivity index (χ0) is 19.4. The molecule has 27 heavy (non-hydrogen) atoms. The van der Waals surface area contributed by atoms with Crippen LogP contribution >= 0.6 is 0 Å². The van der Waals surface area contributed by atoms with Gasteiger partial charge in [-0.05, 0) is 18.6 Å². The van der Waals surface area contributed by atoms with Crippen molar-refractivity contribution in [1.82, 2.24) is 9.78 Å². The maximum Gasteiger partial charge on any atom is 0.364 e. The van der Waals surface area contributed by atoms with Gasteiger partial charge in [0, 0.05) is 18.0 Å². The Balaban J connectivity index is 2.03. The van der Waals surface area contributed by atoms with Gasteiger partial charge in [0.25, 0.3) is 11.2 Å². The molecular formula is C19H17N3O5. The Kier molecular flexibility index (Phi) is 5.25. The molecule has 0 bridgehead atoms. The SMILES string of the molecule is CCCCn1nc(C(=O)Oc2cccc([N+](=O)[O-])c2)c2ccccc2c1=O. The molecule has 2 aromatic carbocycles. The molecule has 0 aliphatic heterocycles. The van der Waals surface area contributed by atoms with Gasteiger partial charge in [0.1, 0.15) is 5.75 Å². The van der Waals surface area contributed by atoms with E-state index >= 15 is 0 Å². The highest BCUT2D eigenvalue weighted by Gasteiger charge is 2.19. The number of benzene rings is 2. The molecular weight excluding hydrogens is 350 g/mol. The summed E-state index contributed by atoms with van der Waals surface area (Å²) in [6.45, 7) is 2.38. The minimum absolute atomic E-state index is 0.00666. The number of hydrogen-bond donors (Lipinski definition) is 0. The van der Waals surface area contributed by atoms with E-state index in [1.54, 1.807) is 24.3 Å². The predicted octanol–water partition coefficient (Wildman–Crippen LogP) is 3.32. The number of aryl methyl sites for hydroxylation is 1. The van der Waals surface area contributed by atoms with E-state index in [4.69, 9.17) is 4.74 Å².